The van der Waals surface area contributed by atoms with E-state index in [4.69, 9.17) is 11.6 Å². The summed E-state index contributed by atoms with van der Waals surface area (Å²) in [5, 5.41) is 10.1. The highest BCUT2D eigenvalue weighted by Gasteiger charge is 2.51. The smallest absolute Gasteiger partial charge is 0.404 e. The Balaban J connectivity index is 1.28. The largest absolute Gasteiger partial charge is 0.573 e. The lowest BCUT2D eigenvalue weighted by Crippen LogP contribution is -2.56. The Morgan fingerprint density at radius 3 is 2.62 bits per heavy atom. The molecular formula is C23H29ClF3N3O4. The van der Waals surface area contributed by atoms with Gasteiger partial charge in [-0.3, -0.25) is 9.59 Å². The van der Waals surface area contributed by atoms with Crippen LogP contribution in [0.2, 0.25) is 5.02 Å². The number of carbonyl (C=O) groups excluding carboxylic acids is 2. The molecule has 188 valence electrons. The van der Waals surface area contributed by atoms with Gasteiger partial charge in [0.05, 0.1) is 11.1 Å². The summed E-state index contributed by atoms with van der Waals surface area (Å²) in [6, 6.07) is 3.47. The molecule has 3 aliphatic rings. The summed E-state index contributed by atoms with van der Waals surface area (Å²) in [5.74, 6) is -0.675. The molecule has 1 aromatic carbocycles. The van der Waals surface area contributed by atoms with E-state index >= 15 is 0 Å². The lowest BCUT2D eigenvalue weighted by molar-refractivity contribution is -0.274. The number of carbonyl (C=O) groups is 2. The Morgan fingerprint density at radius 1 is 1.24 bits per heavy atom. The van der Waals surface area contributed by atoms with Crippen LogP contribution in [-0.4, -0.2) is 78.0 Å². The van der Waals surface area contributed by atoms with E-state index < -0.39 is 24.3 Å². The molecule has 1 N–H and O–H groups in total. The normalized spacial score (nSPS) is 24.5. The first-order chi connectivity index (χ1) is 16.0. The third-order valence-electron chi connectivity index (χ3n) is 7.26. The lowest BCUT2D eigenvalue weighted by atomic mass is 9.90. The van der Waals surface area contributed by atoms with E-state index in [2.05, 4.69) is 4.74 Å². The number of aliphatic hydroxyl groups excluding tert-OH is 1. The zero-order valence-corrected chi connectivity index (χ0v) is 19.7. The minimum Gasteiger partial charge on any atom is -0.404 e. The fraction of sp³-hybridized carbons (Fsp3) is 0.652. The molecule has 2 aliphatic heterocycles. The van der Waals surface area contributed by atoms with Gasteiger partial charge in [-0.15, -0.1) is 13.2 Å². The monoisotopic (exact) mass is 503 g/mol. The number of likely N-dealkylation sites (tertiary alicyclic amines) is 1. The second-order valence-electron chi connectivity index (χ2n) is 9.43. The number of β-amino-alcohol motifs (C(OH)–C–C–N with tert-alkyl or cyclic N) is 1. The highest BCUT2D eigenvalue weighted by molar-refractivity contribution is 6.32. The fourth-order valence-electron chi connectivity index (χ4n) is 4.95. The van der Waals surface area contributed by atoms with Crippen LogP contribution >= 0.6 is 11.6 Å². The number of aliphatic hydroxyl groups is 1. The van der Waals surface area contributed by atoms with Gasteiger partial charge in [-0.2, -0.15) is 0 Å². The molecule has 0 aromatic heterocycles. The number of ether oxygens (including phenoxy) is 1. The summed E-state index contributed by atoms with van der Waals surface area (Å²) in [7, 11) is 0. The first-order valence-electron chi connectivity index (χ1n) is 11.6. The van der Waals surface area contributed by atoms with Gasteiger partial charge in [-0.05, 0) is 50.2 Å². The molecule has 11 heteroatoms. The van der Waals surface area contributed by atoms with Crippen LogP contribution in [0.3, 0.4) is 0 Å². The van der Waals surface area contributed by atoms with Crippen LogP contribution in [0.5, 0.6) is 5.75 Å². The van der Waals surface area contributed by atoms with Crippen molar-refractivity contribution in [3.8, 4) is 5.75 Å². The minimum atomic E-state index is -4.87. The Kier molecular flexibility index (Phi) is 6.92. The van der Waals surface area contributed by atoms with Crippen LogP contribution in [0.25, 0.3) is 0 Å². The van der Waals surface area contributed by atoms with Crippen LogP contribution in [-0.2, 0) is 9.59 Å². The van der Waals surface area contributed by atoms with E-state index in [9.17, 15) is 27.9 Å². The molecule has 0 bridgehead atoms. The molecule has 34 heavy (non-hydrogen) atoms. The Hall–Kier alpha value is -2.20. The van der Waals surface area contributed by atoms with Gasteiger partial charge < -0.3 is 24.5 Å². The molecule has 3 fully saturated rings. The topological polar surface area (TPSA) is 73.3 Å². The molecule has 1 aromatic rings. The van der Waals surface area contributed by atoms with Crippen molar-refractivity contribution in [2.45, 2.75) is 57.5 Å². The van der Waals surface area contributed by atoms with E-state index in [0.29, 0.717) is 51.3 Å². The van der Waals surface area contributed by atoms with Crippen LogP contribution < -0.4 is 9.64 Å². The summed E-state index contributed by atoms with van der Waals surface area (Å²) >= 11 is 5.83. The summed E-state index contributed by atoms with van der Waals surface area (Å²) < 4.78 is 41.9. The molecule has 2 amide bonds. The maximum absolute atomic E-state index is 12.9. The molecule has 1 saturated carbocycles. The minimum absolute atomic E-state index is 0.00737. The number of alkyl halides is 3. The molecular weight excluding hydrogens is 475 g/mol. The van der Waals surface area contributed by atoms with Crippen molar-refractivity contribution in [1.29, 1.82) is 0 Å². The Labute approximate surface area is 201 Å². The van der Waals surface area contributed by atoms with Gasteiger partial charge in [-0.1, -0.05) is 11.6 Å². The molecule has 1 aliphatic carbocycles. The van der Waals surface area contributed by atoms with Gasteiger partial charge in [0.1, 0.15) is 11.8 Å². The predicted octanol–water partition coefficient (Wildman–Crippen LogP) is 3.43. The van der Waals surface area contributed by atoms with Gasteiger partial charge in [0.25, 0.3) is 0 Å². The van der Waals surface area contributed by atoms with Crippen molar-refractivity contribution in [2.75, 3.05) is 37.6 Å². The van der Waals surface area contributed by atoms with Crippen LogP contribution in [0.1, 0.15) is 39.0 Å². The molecule has 0 radical (unpaired) electrons. The number of nitrogens with zero attached hydrogens (tertiary/aromatic N) is 3. The average molecular weight is 504 g/mol. The summed E-state index contributed by atoms with van der Waals surface area (Å²) in [6.07, 6.45) is -1.58. The summed E-state index contributed by atoms with van der Waals surface area (Å²) in [4.78, 5) is 30.6. The van der Waals surface area contributed by atoms with Crippen LogP contribution in [0, 0.1) is 5.41 Å². The second kappa shape index (κ2) is 9.45. The number of amides is 2. The van der Waals surface area contributed by atoms with E-state index in [1.807, 2.05) is 0 Å². The van der Waals surface area contributed by atoms with E-state index in [1.54, 1.807) is 27.7 Å². The maximum Gasteiger partial charge on any atom is 0.573 e. The molecule has 0 unspecified atom stereocenters. The van der Waals surface area contributed by atoms with Gasteiger partial charge in [-0.25, -0.2) is 0 Å². The Bertz CT molecular complexity index is 941. The summed E-state index contributed by atoms with van der Waals surface area (Å²) in [6.45, 7) is 3.99. The number of halogens is 4. The van der Waals surface area contributed by atoms with Gasteiger partial charge in [0, 0.05) is 50.9 Å². The standard InChI is InChI=1S/C23H29ClF3N3O4/c1-15-21(33)28(9-2-3-20(32)29-10-8-22(6-7-22)19(31)14-29)11-12-30(15)16-4-5-17(24)18(13-16)34-23(25,26)27/h4-5,13,15,19,31H,2-3,6-12,14H2,1H3/t15-,19+/m0/s1. The van der Waals surface area contributed by atoms with Crippen molar-refractivity contribution < 1.29 is 32.6 Å². The number of anilines is 1. The van der Waals surface area contributed by atoms with Crippen molar-refractivity contribution >= 4 is 29.1 Å². The van der Waals surface area contributed by atoms with Gasteiger partial charge >= 0.3 is 6.36 Å². The van der Waals surface area contributed by atoms with Crippen LogP contribution in [0.4, 0.5) is 18.9 Å². The Morgan fingerprint density at radius 2 is 1.97 bits per heavy atom. The zero-order valence-electron chi connectivity index (χ0n) is 19.0. The molecule has 2 atom stereocenters. The highest BCUT2D eigenvalue weighted by Crippen LogP contribution is 2.53. The van der Waals surface area contributed by atoms with E-state index in [1.165, 1.54) is 12.1 Å². The van der Waals surface area contributed by atoms with Crippen LogP contribution in [0.15, 0.2) is 18.2 Å². The third kappa shape index (κ3) is 5.38. The van der Waals surface area contributed by atoms with Gasteiger partial charge in [0.2, 0.25) is 11.8 Å². The van der Waals surface area contributed by atoms with Gasteiger partial charge in [0.15, 0.2) is 0 Å². The van der Waals surface area contributed by atoms with E-state index in [-0.39, 0.29) is 22.3 Å². The predicted molar refractivity (Wildman–Crippen MR) is 120 cm³/mol. The van der Waals surface area contributed by atoms with Crippen molar-refractivity contribution in [3.05, 3.63) is 23.2 Å². The average Bonchev–Trinajstić information content (AvgIpc) is 3.55. The molecule has 1 spiro atoms. The van der Waals surface area contributed by atoms with Crippen molar-refractivity contribution in [2.24, 2.45) is 5.41 Å². The third-order valence-corrected chi connectivity index (χ3v) is 7.58. The number of piperazine rings is 1. The quantitative estimate of drug-likeness (QED) is 0.644. The van der Waals surface area contributed by atoms with Crippen molar-refractivity contribution in [3.63, 3.8) is 0 Å². The zero-order chi connectivity index (χ0) is 24.7. The molecule has 2 heterocycles. The second-order valence-corrected chi connectivity index (χ2v) is 9.84. The number of hydrogen-bond acceptors (Lipinski definition) is 5. The molecule has 2 saturated heterocycles. The SMILES string of the molecule is C[C@H]1C(=O)N(CCCC(=O)N2CCC3(CC3)[C@H](O)C2)CCN1c1ccc(Cl)c(OC(F)(F)F)c1. The number of benzene rings is 1. The number of piperidine rings is 1. The summed E-state index contributed by atoms with van der Waals surface area (Å²) in [5.41, 5.74) is 0.458. The first kappa shape index (κ1) is 24.9. The molecule has 4 rings (SSSR count). The maximum atomic E-state index is 12.9. The first-order valence-corrected chi connectivity index (χ1v) is 11.9. The lowest BCUT2D eigenvalue weighted by Gasteiger charge is -2.40. The van der Waals surface area contributed by atoms with E-state index in [0.717, 1.165) is 19.3 Å². The molecule has 7 nitrogen and oxygen atoms in total. The number of hydrogen-bond donors (Lipinski definition) is 1. The van der Waals surface area contributed by atoms with Crippen molar-refractivity contribution in [1.82, 2.24) is 9.80 Å². The fourth-order valence-corrected chi connectivity index (χ4v) is 5.10. The highest BCUT2D eigenvalue weighted by atomic mass is 35.5. The number of rotatable bonds is 6.